The van der Waals surface area contributed by atoms with E-state index in [0.29, 0.717) is 19.3 Å². The van der Waals surface area contributed by atoms with E-state index < -0.39 is 86.8 Å². The molecular weight excluding hydrogens is 979 g/mol. The molecule has 2 fully saturated rings. The molecule has 14 heteroatoms. The number of aliphatic hydroxyl groups is 8. The Morgan fingerprint density at radius 2 is 0.896 bits per heavy atom. The van der Waals surface area contributed by atoms with Gasteiger partial charge in [0.05, 0.1) is 32.0 Å². The second-order valence-electron chi connectivity index (χ2n) is 20.4. The fourth-order valence-corrected chi connectivity index (χ4v) is 8.99. The number of ether oxygens (including phenoxy) is 4. The van der Waals surface area contributed by atoms with Gasteiger partial charge in [-0.3, -0.25) is 4.79 Å². The Morgan fingerprint density at radius 3 is 1.36 bits per heavy atom. The Balaban J connectivity index is 1.52. The Morgan fingerprint density at radius 1 is 0.481 bits per heavy atom. The molecule has 2 heterocycles. The highest BCUT2D eigenvalue weighted by Gasteiger charge is 2.51. The highest BCUT2D eigenvalue weighted by atomic mass is 16.7. The number of allylic oxidation sites excluding steroid dienone is 18. The molecule has 0 aromatic rings. The van der Waals surface area contributed by atoms with E-state index in [-0.39, 0.29) is 12.5 Å². The zero-order chi connectivity index (χ0) is 56.0. The van der Waals surface area contributed by atoms with Gasteiger partial charge < -0.3 is 65.1 Å². The first-order valence-corrected chi connectivity index (χ1v) is 29.6. The topological polar surface area (TPSA) is 228 Å². The van der Waals surface area contributed by atoms with E-state index in [1.54, 1.807) is 0 Å². The molecular formula is C63H105NO13. The normalized spacial score (nSPS) is 25.5. The van der Waals surface area contributed by atoms with Gasteiger partial charge in [-0.25, -0.2) is 0 Å². The molecule has 2 aliphatic heterocycles. The van der Waals surface area contributed by atoms with Crippen LogP contribution in [0, 0.1) is 0 Å². The summed E-state index contributed by atoms with van der Waals surface area (Å²) in [4.78, 5) is 13.1. The van der Waals surface area contributed by atoms with Gasteiger partial charge in [0, 0.05) is 6.42 Å². The summed E-state index contributed by atoms with van der Waals surface area (Å²) in [5.41, 5.74) is 0. The van der Waals surface area contributed by atoms with Gasteiger partial charge >= 0.3 is 0 Å². The first-order chi connectivity index (χ1) is 37.6. The number of nitrogens with one attached hydrogen (secondary N) is 1. The Hall–Kier alpha value is -3.35. The molecule has 14 nitrogen and oxygen atoms in total. The molecule has 77 heavy (non-hydrogen) atoms. The lowest BCUT2D eigenvalue weighted by atomic mass is 9.97. The van der Waals surface area contributed by atoms with Crippen molar-refractivity contribution in [1.82, 2.24) is 5.32 Å². The third-order valence-electron chi connectivity index (χ3n) is 13.8. The molecule has 0 saturated carbocycles. The zero-order valence-electron chi connectivity index (χ0n) is 47.2. The van der Waals surface area contributed by atoms with Crippen LogP contribution in [0.25, 0.3) is 0 Å². The SMILES string of the molecule is CC/C=C\C/C=C\C/C=C\C/C=C\C/C=C\C/C=C\C/C=C\C/C=C\C/C=C\CCCCCCCCCCCCCC(=O)NC(COC1OC(CO)C(OC2OC(CO)C(O)C(O)C2O)C(O)C1O)C(O)CCCCCC. The number of rotatable bonds is 45. The number of hydrogen-bond donors (Lipinski definition) is 9. The van der Waals surface area contributed by atoms with Crippen molar-refractivity contribution in [2.75, 3.05) is 19.8 Å². The maximum atomic E-state index is 13.1. The molecule has 12 unspecified atom stereocenters. The van der Waals surface area contributed by atoms with Gasteiger partial charge in [0.1, 0.15) is 48.8 Å². The first kappa shape index (κ1) is 69.8. The molecule has 12 atom stereocenters. The summed E-state index contributed by atoms with van der Waals surface area (Å²) < 4.78 is 22.6. The highest BCUT2D eigenvalue weighted by Crippen LogP contribution is 2.30. The Kier molecular flexibility index (Phi) is 43.0. The van der Waals surface area contributed by atoms with Crippen molar-refractivity contribution in [2.45, 2.75) is 261 Å². The van der Waals surface area contributed by atoms with Crippen LogP contribution in [-0.2, 0) is 23.7 Å². The van der Waals surface area contributed by atoms with Crippen LogP contribution in [0.3, 0.4) is 0 Å². The van der Waals surface area contributed by atoms with Crippen LogP contribution in [0.2, 0.25) is 0 Å². The third kappa shape index (κ3) is 33.1. The van der Waals surface area contributed by atoms with Crippen molar-refractivity contribution in [1.29, 1.82) is 0 Å². The van der Waals surface area contributed by atoms with Gasteiger partial charge in [-0.2, -0.15) is 0 Å². The van der Waals surface area contributed by atoms with E-state index >= 15 is 0 Å². The molecule has 440 valence electrons. The summed E-state index contributed by atoms with van der Waals surface area (Å²) in [6, 6.07) is -0.832. The van der Waals surface area contributed by atoms with Crippen molar-refractivity contribution in [2.24, 2.45) is 0 Å². The minimum atomic E-state index is -1.78. The smallest absolute Gasteiger partial charge is 0.220 e. The van der Waals surface area contributed by atoms with E-state index in [1.807, 2.05) is 0 Å². The second kappa shape index (κ2) is 47.5. The van der Waals surface area contributed by atoms with Crippen molar-refractivity contribution < 1.29 is 64.6 Å². The Bertz CT molecular complexity index is 1700. The van der Waals surface area contributed by atoms with Crippen LogP contribution in [0.1, 0.15) is 187 Å². The average Bonchev–Trinajstić information content (AvgIpc) is 3.43. The van der Waals surface area contributed by atoms with Gasteiger partial charge in [-0.1, -0.05) is 207 Å². The average molecular weight is 1080 g/mol. The molecule has 0 radical (unpaired) electrons. The van der Waals surface area contributed by atoms with Gasteiger partial charge in [-0.05, 0) is 83.5 Å². The number of unbranched alkanes of at least 4 members (excludes halogenated alkanes) is 14. The monoisotopic (exact) mass is 1080 g/mol. The molecule has 2 saturated heterocycles. The number of carbonyl (C=O) groups is 1. The fraction of sp³-hybridized carbons (Fsp3) is 0.698. The summed E-state index contributed by atoms with van der Waals surface area (Å²) in [7, 11) is 0. The van der Waals surface area contributed by atoms with E-state index in [2.05, 4.69) is 129 Å². The van der Waals surface area contributed by atoms with E-state index in [1.165, 1.54) is 44.9 Å². The maximum Gasteiger partial charge on any atom is 0.220 e. The lowest BCUT2D eigenvalue weighted by Gasteiger charge is -2.46. The summed E-state index contributed by atoms with van der Waals surface area (Å²) in [6.07, 6.45) is 50.6. The van der Waals surface area contributed by atoms with Crippen LogP contribution in [0.4, 0.5) is 0 Å². The summed E-state index contributed by atoms with van der Waals surface area (Å²) in [5, 5.41) is 86.4. The standard InChI is InChI=1S/C63H105NO13/c1-3-5-7-9-10-11-12-13-14-15-16-17-18-19-20-21-22-23-24-25-26-27-28-29-30-31-32-33-34-35-36-37-38-39-40-41-42-43-45-47-55(68)64-51(52(67)46-44-8-6-4-2)50-74-62-60(73)58(71)61(54(49-66)76-62)77-63-59(72)57(70)56(69)53(48-65)75-63/h5,7,10-11,13-14,16-17,19-20,22-23,25-26,28-29,31-32,51-54,56-63,65-67,69-73H,3-4,6,8-9,12,15,18,21,24,27,30,33-50H2,1-2H3,(H,64,68)/b7-5-,11-10-,14-13-,17-16-,20-19-,23-22-,26-25-,29-28-,32-31-. The molecule has 2 aliphatic rings. The predicted octanol–water partition coefficient (Wildman–Crippen LogP) is 10.1. The van der Waals surface area contributed by atoms with Crippen molar-refractivity contribution in [3.8, 4) is 0 Å². The number of amides is 1. The molecule has 9 N–H and O–H groups in total. The van der Waals surface area contributed by atoms with Crippen molar-refractivity contribution >= 4 is 5.91 Å². The quantitative estimate of drug-likeness (QED) is 0.0205. The van der Waals surface area contributed by atoms with Gasteiger partial charge in [0.15, 0.2) is 12.6 Å². The first-order valence-electron chi connectivity index (χ1n) is 29.6. The summed E-state index contributed by atoms with van der Waals surface area (Å²) in [5.74, 6) is -0.225. The molecule has 0 bridgehead atoms. The van der Waals surface area contributed by atoms with Gasteiger partial charge in [0.2, 0.25) is 5.91 Å². The predicted molar refractivity (Wildman–Crippen MR) is 309 cm³/mol. The van der Waals surface area contributed by atoms with E-state index in [0.717, 1.165) is 109 Å². The van der Waals surface area contributed by atoms with E-state index in [4.69, 9.17) is 18.9 Å². The van der Waals surface area contributed by atoms with Crippen LogP contribution in [0.15, 0.2) is 109 Å². The minimum Gasteiger partial charge on any atom is -0.394 e. The molecule has 0 aromatic carbocycles. The van der Waals surface area contributed by atoms with Crippen LogP contribution < -0.4 is 5.32 Å². The van der Waals surface area contributed by atoms with Crippen molar-refractivity contribution in [3.63, 3.8) is 0 Å². The fourth-order valence-electron chi connectivity index (χ4n) is 8.99. The number of hydrogen-bond acceptors (Lipinski definition) is 13. The van der Waals surface area contributed by atoms with Crippen LogP contribution in [-0.4, -0.2) is 140 Å². The third-order valence-corrected chi connectivity index (χ3v) is 13.8. The molecule has 0 aromatic heterocycles. The van der Waals surface area contributed by atoms with Crippen LogP contribution >= 0.6 is 0 Å². The Labute approximate surface area is 464 Å². The molecule has 1 amide bonds. The lowest BCUT2D eigenvalue weighted by molar-refractivity contribution is -0.359. The summed E-state index contributed by atoms with van der Waals surface area (Å²) in [6.45, 7) is 2.58. The van der Waals surface area contributed by atoms with Gasteiger partial charge in [0.25, 0.3) is 0 Å². The van der Waals surface area contributed by atoms with Crippen molar-refractivity contribution in [3.05, 3.63) is 109 Å². The number of aliphatic hydroxyl groups excluding tert-OH is 8. The second-order valence-corrected chi connectivity index (χ2v) is 20.4. The van der Waals surface area contributed by atoms with E-state index in [9.17, 15) is 45.6 Å². The number of carbonyl (C=O) groups excluding carboxylic acids is 1. The lowest BCUT2D eigenvalue weighted by Crippen LogP contribution is -2.65. The molecule has 2 rings (SSSR count). The maximum absolute atomic E-state index is 13.1. The highest BCUT2D eigenvalue weighted by molar-refractivity contribution is 5.76. The summed E-state index contributed by atoms with van der Waals surface area (Å²) >= 11 is 0. The molecule has 0 aliphatic carbocycles. The molecule has 0 spiro atoms. The zero-order valence-corrected chi connectivity index (χ0v) is 47.2. The minimum absolute atomic E-state index is 0.225. The largest absolute Gasteiger partial charge is 0.394 e. The van der Waals surface area contributed by atoms with Crippen LogP contribution in [0.5, 0.6) is 0 Å². The van der Waals surface area contributed by atoms with Gasteiger partial charge in [-0.15, -0.1) is 0 Å².